The number of nitrogens with zero attached hydrogens (tertiary/aromatic N) is 3. The van der Waals surface area contributed by atoms with Crippen molar-refractivity contribution in [2.75, 3.05) is 6.61 Å². The summed E-state index contributed by atoms with van der Waals surface area (Å²) in [7, 11) is 0. The molecule has 72 valence electrons. The zero-order valence-corrected chi connectivity index (χ0v) is 7.76. The van der Waals surface area contributed by atoms with Crippen LogP contribution in [0.15, 0.2) is 24.3 Å². The normalized spacial score (nSPS) is 21.9. The Morgan fingerprint density at radius 1 is 1.21 bits per heavy atom. The summed E-state index contributed by atoms with van der Waals surface area (Å²) < 4.78 is 5.51. The fourth-order valence-electron chi connectivity index (χ4n) is 1.75. The molecule has 1 atom stereocenters. The Hall–Kier alpha value is -1.42. The first-order valence-corrected chi connectivity index (χ1v) is 4.87. The van der Waals surface area contributed by atoms with E-state index < -0.39 is 0 Å². The van der Waals surface area contributed by atoms with Crippen LogP contribution in [-0.2, 0) is 4.74 Å². The lowest BCUT2D eigenvalue weighted by Gasteiger charge is -2.06. The van der Waals surface area contributed by atoms with Crippen LogP contribution in [0.5, 0.6) is 0 Å². The van der Waals surface area contributed by atoms with Crippen molar-refractivity contribution in [3.63, 3.8) is 0 Å². The molecule has 1 aliphatic rings. The number of rotatable bonds is 1. The molecule has 1 aliphatic heterocycles. The molecule has 0 radical (unpaired) electrons. The number of aromatic nitrogens is 3. The van der Waals surface area contributed by atoms with Gasteiger partial charge in [-0.15, -0.1) is 0 Å². The maximum absolute atomic E-state index is 5.51. The van der Waals surface area contributed by atoms with Crippen LogP contribution in [0.25, 0.3) is 11.0 Å². The van der Waals surface area contributed by atoms with Gasteiger partial charge >= 0.3 is 0 Å². The monoisotopic (exact) mass is 189 g/mol. The van der Waals surface area contributed by atoms with Gasteiger partial charge in [-0.3, -0.25) is 0 Å². The smallest absolute Gasteiger partial charge is 0.169 e. The van der Waals surface area contributed by atoms with Gasteiger partial charge in [0.2, 0.25) is 0 Å². The maximum Gasteiger partial charge on any atom is 0.169 e. The summed E-state index contributed by atoms with van der Waals surface area (Å²) in [5, 5.41) is 8.75. The van der Waals surface area contributed by atoms with Crippen LogP contribution >= 0.6 is 0 Å². The van der Waals surface area contributed by atoms with Gasteiger partial charge in [0.15, 0.2) is 6.23 Å². The second-order valence-corrected chi connectivity index (χ2v) is 3.48. The van der Waals surface area contributed by atoms with Crippen molar-refractivity contribution in [2.24, 2.45) is 0 Å². The molecule has 0 N–H and O–H groups in total. The summed E-state index contributed by atoms with van der Waals surface area (Å²) in [6.45, 7) is 0.822. The molecular weight excluding hydrogens is 178 g/mol. The van der Waals surface area contributed by atoms with Crippen LogP contribution in [0.1, 0.15) is 19.1 Å². The first kappa shape index (κ1) is 7.94. The number of ether oxygens (including phenoxy) is 1. The lowest BCUT2D eigenvalue weighted by atomic mass is 10.3. The van der Waals surface area contributed by atoms with Crippen LogP contribution in [0, 0.1) is 0 Å². The predicted molar refractivity (Wildman–Crippen MR) is 51.8 cm³/mol. The van der Waals surface area contributed by atoms with Gasteiger partial charge in [0.25, 0.3) is 0 Å². The fourth-order valence-corrected chi connectivity index (χ4v) is 1.75. The van der Waals surface area contributed by atoms with Gasteiger partial charge in [0.1, 0.15) is 11.0 Å². The number of hydrogen-bond donors (Lipinski definition) is 0. The second kappa shape index (κ2) is 3.06. The molecule has 4 nitrogen and oxygen atoms in total. The Kier molecular flexibility index (Phi) is 1.73. The Labute approximate surface area is 81.5 Å². The topological polar surface area (TPSA) is 39.9 Å². The molecule has 3 rings (SSSR count). The first-order valence-electron chi connectivity index (χ1n) is 4.87. The van der Waals surface area contributed by atoms with E-state index in [0.29, 0.717) is 0 Å². The molecule has 2 heterocycles. The van der Waals surface area contributed by atoms with Gasteiger partial charge < -0.3 is 4.74 Å². The van der Waals surface area contributed by atoms with E-state index in [1.807, 2.05) is 24.3 Å². The molecular formula is C10H11N3O. The third kappa shape index (κ3) is 1.19. The minimum absolute atomic E-state index is 0.0439. The van der Waals surface area contributed by atoms with E-state index >= 15 is 0 Å². The Morgan fingerprint density at radius 2 is 1.93 bits per heavy atom. The molecule has 0 amide bonds. The highest BCUT2D eigenvalue weighted by molar-refractivity contribution is 5.72. The first-order chi connectivity index (χ1) is 6.93. The van der Waals surface area contributed by atoms with Crippen molar-refractivity contribution in [3.05, 3.63) is 24.3 Å². The van der Waals surface area contributed by atoms with Crippen LogP contribution in [0.3, 0.4) is 0 Å². The summed E-state index contributed by atoms with van der Waals surface area (Å²) in [6, 6.07) is 7.87. The third-order valence-corrected chi connectivity index (χ3v) is 2.47. The molecule has 2 aromatic rings. The molecule has 0 saturated carbocycles. The minimum Gasteiger partial charge on any atom is -0.355 e. The summed E-state index contributed by atoms with van der Waals surface area (Å²) in [6.07, 6.45) is 2.16. The molecule has 0 spiro atoms. The summed E-state index contributed by atoms with van der Waals surface area (Å²) in [5.41, 5.74) is 1.87. The quantitative estimate of drug-likeness (QED) is 0.686. The molecule has 1 aromatic heterocycles. The predicted octanol–water partition coefficient (Wildman–Crippen LogP) is 1.74. The van der Waals surface area contributed by atoms with Crippen molar-refractivity contribution < 1.29 is 4.74 Å². The molecule has 0 aliphatic carbocycles. The largest absolute Gasteiger partial charge is 0.355 e. The van der Waals surface area contributed by atoms with Gasteiger partial charge in [-0.25, -0.2) is 0 Å². The molecule has 4 heteroatoms. The molecule has 0 bridgehead atoms. The van der Waals surface area contributed by atoms with Crippen molar-refractivity contribution in [1.82, 2.24) is 15.0 Å². The second-order valence-electron chi connectivity index (χ2n) is 3.48. The average Bonchev–Trinajstić information content (AvgIpc) is 2.86. The number of fused-ring (bicyclic) bond motifs is 1. The van der Waals surface area contributed by atoms with E-state index in [-0.39, 0.29) is 6.23 Å². The minimum atomic E-state index is 0.0439. The lowest BCUT2D eigenvalue weighted by molar-refractivity contribution is 0.0362. The van der Waals surface area contributed by atoms with Crippen molar-refractivity contribution in [1.29, 1.82) is 0 Å². The highest BCUT2D eigenvalue weighted by Crippen LogP contribution is 2.22. The Morgan fingerprint density at radius 3 is 2.50 bits per heavy atom. The number of hydrogen-bond acceptors (Lipinski definition) is 3. The van der Waals surface area contributed by atoms with E-state index in [2.05, 4.69) is 10.2 Å². The van der Waals surface area contributed by atoms with E-state index in [9.17, 15) is 0 Å². The maximum atomic E-state index is 5.51. The SMILES string of the molecule is c1ccc2nn([C@@H]3CCCO3)nc2c1. The van der Waals surface area contributed by atoms with E-state index in [1.165, 1.54) is 0 Å². The standard InChI is InChI=1S/C10H11N3O/c1-2-5-9-8(4-1)11-13(12-9)10-6-3-7-14-10/h1-2,4-5,10H,3,6-7H2/t10-/m0/s1. The van der Waals surface area contributed by atoms with Crippen molar-refractivity contribution in [2.45, 2.75) is 19.1 Å². The molecule has 14 heavy (non-hydrogen) atoms. The van der Waals surface area contributed by atoms with Gasteiger partial charge in [-0.2, -0.15) is 15.0 Å². The van der Waals surface area contributed by atoms with E-state index in [0.717, 1.165) is 30.5 Å². The van der Waals surface area contributed by atoms with Gasteiger partial charge in [0, 0.05) is 6.61 Å². The average molecular weight is 189 g/mol. The zero-order chi connectivity index (χ0) is 9.38. The van der Waals surface area contributed by atoms with Gasteiger partial charge in [0.05, 0.1) is 0 Å². The number of benzene rings is 1. The Balaban J connectivity index is 2.05. The van der Waals surface area contributed by atoms with Crippen LogP contribution in [0.4, 0.5) is 0 Å². The fraction of sp³-hybridized carbons (Fsp3) is 0.400. The molecule has 1 saturated heterocycles. The van der Waals surface area contributed by atoms with Crippen molar-refractivity contribution >= 4 is 11.0 Å². The summed E-state index contributed by atoms with van der Waals surface area (Å²) in [5.74, 6) is 0. The van der Waals surface area contributed by atoms with Crippen LogP contribution in [-0.4, -0.2) is 21.6 Å². The highest BCUT2D eigenvalue weighted by atomic mass is 16.5. The van der Waals surface area contributed by atoms with Crippen LogP contribution < -0.4 is 0 Å². The zero-order valence-electron chi connectivity index (χ0n) is 7.76. The Bertz CT molecular complexity index is 412. The summed E-state index contributed by atoms with van der Waals surface area (Å²) >= 11 is 0. The van der Waals surface area contributed by atoms with Gasteiger partial charge in [-0.05, 0) is 25.0 Å². The molecule has 0 unspecified atom stereocenters. The summed E-state index contributed by atoms with van der Waals surface area (Å²) in [4.78, 5) is 1.69. The third-order valence-electron chi connectivity index (χ3n) is 2.47. The van der Waals surface area contributed by atoms with Crippen molar-refractivity contribution in [3.8, 4) is 0 Å². The molecule has 1 fully saturated rings. The lowest BCUT2D eigenvalue weighted by Crippen LogP contribution is -2.10. The van der Waals surface area contributed by atoms with Crippen LogP contribution in [0.2, 0.25) is 0 Å². The van der Waals surface area contributed by atoms with E-state index in [4.69, 9.17) is 4.74 Å². The highest BCUT2D eigenvalue weighted by Gasteiger charge is 2.19. The van der Waals surface area contributed by atoms with E-state index in [1.54, 1.807) is 4.80 Å². The van der Waals surface area contributed by atoms with Gasteiger partial charge in [-0.1, -0.05) is 12.1 Å². The molecule has 1 aromatic carbocycles.